The number of hydrogen-bond acceptors (Lipinski definition) is 3. The average Bonchev–Trinajstić information content (AvgIpc) is 2.99. The third-order valence-electron chi connectivity index (χ3n) is 5.00. The summed E-state index contributed by atoms with van der Waals surface area (Å²) < 4.78 is 0. The van der Waals surface area contributed by atoms with Gasteiger partial charge in [0.05, 0.1) is 5.56 Å². The third-order valence-corrected chi connectivity index (χ3v) is 6.20. The monoisotopic (exact) mass is 368 g/mol. The van der Waals surface area contributed by atoms with E-state index in [4.69, 9.17) is 0 Å². The van der Waals surface area contributed by atoms with Crippen LogP contribution in [0.1, 0.15) is 54.3 Å². The average molecular weight is 369 g/mol. The summed E-state index contributed by atoms with van der Waals surface area (Å²) in [5.74, 6) is 0.385. The highest BCUT2D eigenvalue weighted by Crippen LogP contribution is 2.37. The predicted molar refractivity (Wildman–Crippen MR) is 105 cm³/mol. The number of anilines is 1. The first-order valence-electron chi connectivity index (χ1n) is 9.33. The number of fused-ring (bicyclic) bond motifs is 1. The van der Waals surface area contributed by atoms with Crippen molar-refractivity contribution in [2.45, 2.75) is 45.6 Å². The normalized spacial score (nSPS) is 14.5. The minimum Gasteiger partial charge on any atom is -0.332 e. The fraction of sp³-hybridized carbons (Fsp3) is 0.429. The van der Waals surface area contributed by atoms with Crippen LogP contribution in [0.3, 0.4) is 0 Å². The van der Waals surface area contributed by atoms with E-state index in [9.17, 15) is 10.1 Å². The molecule has 1 aliphatic rings. The molecule has 136 valence electrons. The summed E-state index contributed by atoms with van der Waals surface area (Å²) in [6.45, 7) is 4.70. The molecular weight excluding hydrogens is 342 g/mol. The number of benzene rings is 1. The first-order valence-corrected chi connectivity index (χ1v) is 10.1. The molecular formula is C21H26N3OS+. The standard InChI is InChI=1S/C21H25N3OS/c1-14(2)20(15-8-4-3-5-9-15)23-13-19(25)24-21-17(12-22)16-10-6-7-11-18(16)26-21/h3-5,8-9,14,20,23H,6-7,10-11,13H2,1-2H3,(H,24,25)/p+1/t20-/m0/s1. The van der Waals surface area contributed by atoms with Gasteiger partial charge in [-0.25, -0.2) is 0 Å². The number of rotatable bonds is 6. The number of amides is 1. The Labute approximate surface area is 159 Å². The van der Waals surface area contributed by atoms with Crippen LogP contribution in [-0.2, 0) is 17.6 Å². The first kappa shape index (κ1) is 18.6. The van der Waals surface area contributed by atoms with E-state index in [0.717, 1.165) is 29.8 Å². The highest BCUT2D eigenvalue weighted by Gasteiger charge is 2.23. The van der Waals surface area contributed by atoms with Gasteiger partial charge in [-0.2, -0.15) is 5.26 Å². The second kappa shape index (κ2) is 8.48. The Morgan fingerprint density at radius 1 is 1.27 bits per heavy atom. The summed E-state index contributed by atoms with van der Waals surface area (Å²) in [5, 5.41) is 15.3. The van der Waals surface area contributed by atoms with Crippen LogP contribution in [0.5, 0.6) is 0 Å². The van der Waals surface area contributed by atoms with Gasteiger partial charge in [0.1, 0.15) is 17.1 Å². The first-order chi connectivity index (χ1) is 12.6. The summed E-state index contributed by atoms with van der Waals surface area (Å²) in [6.07, 6.45) is 4.29. The lowest BCUT2D eigenvalue weighted by Crippen LogP contribution is -2.88. The van der Waals surface area contributed by atoms with Crippen molar-refractivity contribution in [3.63, 3.8) is 0 Å². The summed E-state index contributed by atoms with van der Waals surface area (Å²) in [5.41, 5.74) is 3.08. The summed E-state index contributed by atoms with van der Waals surface area (Å²) in [6, 6.07) is 12.9. The minimum absolute atomic E-state index is 0.0401. The molecule has 1 heterocycles. The van der Waals surface area contributed by atoms with Gasteiger partial charge in [0.15, 0.2) is 6.54 Å². The highest BCUT2D eigenvalue weighted by molar-refractivity contribution is 7.16. The maximum absolute atomic E-state index is 12.5. The number of nitrogens with two attached hydrogens (primary N) is 1. The van der Waals surface area contributed by atoms with Crippen LogP contribution >= 0.6 is 11.3 Å². The maximum Gasteiger partial charge on any atom is 0.280 e. The number of nitriles is 1. The Bertz CT molecular complexity index is 805. The van der Waals surface area contributed by atoms with Gasteiger partial charge in [-0.1, -0.05) is 44.2 Å². The van der Waals surface area contributed by atoms with E-state index in [-0.39, 0.29) is 11.9 Å². The lowest BCUT2D eigenvalue weighted by Gasteiger charge is -2.19. The quantitative estimate of drug-likeness (QED) is 0.820. The zero-order valence-electron chi connectivity index (χ0n) is 15.4. The van der Waals surface area contributed by atoms with Crippen LogP contribution in [0.15, 0.2) is 30.3 Å². The molecule has 3 N–H and O–H groups in total. The van der Waals surface area contributed by atoms with Crippen molar-refractivity contribution >= 4 is 22.2 Å². The maximum atomic E-state index is 12.5. The molecule has 2 aromatic rings. The number of nitrogens with zero attached hydrogens (tertiary/aromatic N) is 1. The third kappa shape index (κ3) is 4.14. The fourth-order valence-corrected chi connectivity index (χ4v) is 4.91. The molecule has 1 aromatic carbocycles. The Kier molecular flexibility index (Phi) is 6.08. The molecule has 3 rings (SSSR count). The molecule has 0 saturated heterocycles. The molecule has 0 spiro atoms. The topological polar surface area (TPSA) is 69.5 Å². The summed E-state index contributed by atoms with van der Waals surface area (Å²) in [7, 11) is 0. The molecule has 0 radical (unpaired) electrons. The van der Waals surface area contributed by atoms with Crippen LogP contribution < -0.4 is 10.6 Å². The molecule has 26 heavy (non-hydrogen) atoms. The fourth-order valence-electron chi connectivity index (χ4n) is 3.65. The molecule has 0 fully saturated rings. The Balaban J connectivity index is 1.66. The van der Waals surface area contributed by atoms with Gasteiger partial charge in [0.2, 0.25) is 0 Å². The molecule has 4 nitrogen and oxygen atoms in total. The van der Waals surface area contributed by atoms with Gasteiger partial charge >= 0.3 is 0 Å². The van der Waals surface area contributed by atoms with Gasteiger partial charge in [-0.15, -0.1) is 11.3 Å². The van der Waals surface area contributed by atoms with E-state index >= 15 is 0 Å². The van der Waals surface area contributed by atoms with Gasteiger partial charge in [-0.05, 0) is 31.2 Å². The van der Waals surface area contributed by atoms with Crippen LogP contribution in [0, 0.1) is 17.2 Å². The number of carbonyl (C=O) groups excluding carboxylic acids is 1. The Hall–Kier alpha value is -2.16. The van der Waals surface area contributed by atoms with Crippen LogP contribution in [0.25, 0.3) is 0 Å². The van der Waals surface area contributed by atoms with Crippen LogP contribution in [0.4, 0.5) is 5.00 Å². The van der Waals surface area contributed by atoms with E-state index in [1.165, 1.54) is 16.9 Å². The molecule has 1 aromatic heterocycles. The predicted octanol–water partition coefficient (Wildman–Crippen LogP) is 3.40. The zero-order valence-corrected chi connectivity index (χ0v) is 16.2. The molecule has 1 atom stereocenters. The van der Waals surface area contributed by atoms with E-state index in [1.807, 2.05) is 18.2 Å². The molecule has 1 amide bonds. The number of thiophene rings is 1. The van der Waals surface area contributed by atoms with Crippen molar-refractivity contribution in [1.29, 1.82) is 5.26 Å². The van der Waals surface area contributed by atoms with Crippen molar-refractivity contribution in [1.82, 2.24) is 0 Å². The highest BCUT2D eigenvalue weighted by atomic mass is 32.1. The number of hydrogen-bond donors (Lipinski definition) is 2. The van der Waals surface area contributed by atoms with Crippen molar-refractivity contribution < 1.29 is 10.1 Å². The molecule has 5 heteroatoms. The Morgan fingerprint density at radius 2 is 2.00 bits per heavy atom. The van der Waals surface area contributed by atoms with E-state index in [1.54, 1.807) is 11.3 Å². The van der Waals surface area contributed by atoms with Crippen molar-refractivity contribution in [3.05, 3.63) is 51.9 Å². The second-order valence-electron chi connectivity index (χ2n) is 7.20. The second-order valence-corrected chi connectivity index (χ2v) is 8.30. The van der Waals surface area contributed by atoms with E-state index in [2.05, 4.69) is 42.7 Å². The van der Waals surface area contributed by atoms with Crippen LogP contribution in [-0.4, -0.2) is 12.5 Å². The molecule has 0 aliphatic heterocycles. The number of carbonyl (C=O) groups is 1. The largest absolute Gasteiger partial charge is 0.332 e. The van der Waals surface area contributed by atoms with E-state index < -0.39 is 0 Å². The number of aryl methyl sites for hydroxylation is 1. The van der Waals surface area contributed by atoms with Crippen molar-refractivity contribution in [2.24, 2.45) is 5.92 Å². The van der Waals surface area contributed by atoms with Crippen LogP contribution in [0.2, 0.25) is 0 Å². The number of nitrogens with one attached hydrogen (secondary N) is 1. The molecule has 0 bridgehead atoms. The van der Waals surface area contributed by atoms with E-state index in [0.29, 0.717) is 18.0 Å². The number of quaternary nitrogens is 1. The SMILES string of the molecule is CC(C)[C@H]([NH2+]CC(=O)Nc1sc2c(c1C#N)CCCC2)c1ccccc1. The summed E-state index contributed by atoms with van der Waals surface area (Å²) in [4.78, 5) is 13.8. The summed E-state index contributed by atoms with van der Waals surface area (Å²) >= 11 is 1.58. The lowest BCUT2D eigenvalue weighted by molar-refractivity contribution is -0.692. The Morgan fingerprint density at radius 3 is 2.69 bits per heavy atom. The minimum atomic E-state index is -0.0401. The lowest BCUT2D eigenvalue weighted by atomic mass is 9.96. The van der Waals surface area contributed by atoms with Gasteiger partial charge < -0.3 is 10.6 Å². The van der Waals surface area contributed by atoms with Gasteiger partial charge in [-0.3, -0.25) is 4.79 Å². The van der Waals surface area contributed by atoms with Crippen molar-refractivity contribution in [2.75, 3.05) is 11.9 Å². The van der Waals surface area contributed by atoms with Gasteiger partial charge in [0, 0.05) is 16.4 Å². The molecule has 0 saturated carbocycles. The molecule has 0 unspecified atom stereocenters. The molecule has 1 aliphatic carbocycles. The smallest absolute Gasteiger partial charge is 0.280 e. The van der Waals surface area contributed by atoms with Crippen molar-refractivity contribution in [3.8, 4) is 6.07 Å². The van der Waals surface area contributed by atoms with Gasteiger partial charge in [0.25, 0.3) is 5.91 Å². The zero-order chi connectivity index (χ0) is 18.5.